The Morgan fingerprint density at radius 1 is 0.875 bits per heavy atom. The van der Waals surface area contributed by atoms with Crippen molar-refractivity contribution in [2.75, 3.05) is 26.2 Å². The molecule has 5 heteroatoms. The molecule has 0 bridgehead atoms. The Hall–Kier alpha value is -2.69. The summed E-state index contributed by atoms with van der Waals surface area (Å²) in [6.45, 7) is 2.53. The van der Waals surface area contributed by atoms with Gasteiger partial charge in [0.1, 0.15) is 0 Å². The Morgan fingerprint density at radius 3 is 2.29 bits per heavy atom. The second-order valence-corrected chi connectivity index (χ2v) is 5.92. The summed E-state index contributed by atoms with van der Waals surface area (Å²) >= 11 is 0. The average molecular weight is 323 g/mol. The van der Waals surface area contributed by atoms with E-state index in [0.29, 0.717) is 38.2 Å². The summed E-state index contributed by atoms with van der Waals surface area (Å²) in [5.41, 5.74) is 1.67. The maximum Gasteiger partial charge on any atom is 0.254 e. The minimum atomic E-state index is 0.00904. The first-order chi connectivity index (χ1) is 11.7. The van der Waals surface area contributed by atoms with Crippen LogP contribution in [0.3, 0.4) is 0 Å². The van der Waals surface area contributed by atoms with Crippen LogP contribution in [0.1, 0.15) is 22.3 Å². The van der Waals surface area contributed by atoms with E-state index in [1.165, 1.54) is 0 Å². The predicted molar refractivity (Wildman–Crippen MR) is 91.5 cm³/mol. The lowest BCUT2D eigenvalue weighted by Crippen LogP contribution is -2.38. The van der Waals surface area contributed by atoms with Gasteiger partial charge in [-0.3, -0.25) is 14.6 Å². The molecule has 2 aromatic rings. The molecule has 1 fully saturated rings. The first kappa shape index (κ1) is 16.2. The van der Waals surface area contributed by atoms with Crippen LogP contribution in [-0.2, 0) is 11.2 Å². The highest BCUT2D eigenvalue weighted by Crippen LogP contribution is 2.10. The molecule has 2 amide bonds. The number of nitrogens with zero attached hydrogens (tertiary/aromatic N) is 3. The van der Waals surface area contributed by atoms with Gasteiger partial charge in [-0.05, 0) is 24.1 Å². The topological polar surface area (TPSA) is 53.5 Å². The number of benzene rings is 1. The smallest absolute Gasteiger partial charge is 0.254 e. The lowest BCUT2D eigenvalue weighted by Gasteiger charge is -2.22. The van der Waals surface area contributed by atoms with Crippen LogP contribution in [0.5, 0.6) is 0 Å². The molecule has 124 valence electrons. The minimum absolute atomic E-state index is 0.00904. The van der Waals surface area contributed by atoms with Crippen LogP contribution in [0, 0.1) is 0 Å². The molecule has 24 heavy (non-hydrogen) atoms. The molecule has 2 heterocycles. The van der Waals surface area contributed by atoms with E-state index < -0.39 is 0 Å². The minimum Gasteiger partial charge on any atom is -0.341 e. The van der Waals surface area contributed by atoms with Crippen LogP contribution < -0.4 is 0 Å². The fourth-order valence-corrected chi connectivity index (χ4v) is 2.93. The van der Waals surface area contributed by atoms with Crippen molar-refractivity contribution in [2.45, 2.75) is 12.8 Å². The van der Waals surface area contributed by atoms with Gasteiger partial charge >= 0.3 is 0 Å². The summed E-state index contributed by atoms with van der Waals surface area (Å²) in [7, 11) is 0. The second-order valence-electron chi connectivity index (χ2n) is 5.92. The van der Waals surface area contributed by atoms with E-state index in [2.05, 4.69) is 4.98 Å². The predicted octanol–water partition coefficient (Wildman–Crippen LogP) is 2.00. The van der Waals surface area contributed by atoms with Crippen LogP contribution in [0.15, 0.2) is 54.9 Å². The standard InChI is InChI=1S/C19H21N3O2/c23-18(15-16-5-2-1-3-6-16)21-11-4-12-22(14-13-21)19(24)17-7-9-20-10-8-17/h1-3,5-10H,4,11-15H2. The largest absolute Gasteiger partial charge is 0.341 e. The third-order valence-electron chi connectivity index (χ3n) is 4.26. The van der Waals surface area contributed by atoms with Gasteiger partial charge in [0.25, 0.3) is 5.91 Å². The number of pyridine rings is 1. The summed E-state index contributed by atoms with van der Waals surface area (Å²) in [6.07, 6.45) is 4.47. The zero-order valence-corrected chi connectivity index (χ0v) is 13.6. The molecule has 1 aromatic carbocycles. The fourth-order valence-electron chi connectivity index (χ4n) is 2.93. The molecule has 0 spiro atoms. The number of hydrogen-bond donors (Lipinski definition) is 0. The molecule has 3 rings (SSSR count). The summed E-state index contributed by atoms with van der Waals surface area (Å²) in [4.78, 5) is 32.6. The molecular weight excluding hydrogens is 302 g/mol. The quantitative estimate of drug-likeness (QED) is 0.868. The van der Waals surface area contributed by atoms with Crippen LogP contribution in [-0.4, -0.2) is 52.8 Å². The van der Waals surface area contributed by atoms with E-state index in [4.69, 9.17) is 0 Å². The number of amides is 2. The molecule has 1 aliphatic heterocycles. The van der Waals surface area contributed by atoms with Gasteiger partial charge < -0.3 is 9.80 Å². The highest BCUT2D eigenvalue weighted by molar-refractivity contribution is 5.94. The van der Waals surface area contributed by atoms with E-state index in [9.17, 15) is 9.59 Å². The summed E-state index contributed by atoms with van der Waals surface area (Å²) in [5, 5.41) is 0. The zero-order chi connectivity index (χ0) is 16.8. The van der Waals surface area contributed by atoms with Gasteiger partial charge in [0, 0.05) is 44.1 Å². The molecule has 1 aromatic heterocycles. The normalized spacial score (nSPS) is 15.0. The highest BCUT2D eigenvalue weighted by Gasteiger charge is 2.22. The van der Waals surface area contributed by atoms with Crippen molar-refractivity contribution in [1.29, 1.82) is 0 Å². The van der Waals surface area contributed by atoms with E-state index in [1.807, 2.05) is 40.1 Å². The van der Waals surface area contributed by atoms with Crippen LogP contribution in [0.25, 0.3) is 0 Å². The molecule has 0 unspecified atom stereocenters. The van der Waals surface area contributed by atoms with E-state index in [0.717, 1.165) is 12.0 Å². The van der Waals surface area contributed by atoms with Gasteiger partial charge in [0.15, 0.2) is 0 Å². The molecular formula is C19H21N3O2. The SMILES string of the molecule is O=C(Cc1ccccc1)N1CCCN(C(=O)c2ccncc2)CC1. The maximum absolute atomic E-state index is 12.5. The van der Waals surface area contributed by atoms with Crippen molar-refractivity contribution in [3.8, 4) is 0 Å². The van der Waals surface area contributed by atoms with E-state index >= 15 is 0 Å². The number of carbonyl (C=O) groups is 2. The Bertz CT molecular complexity index is 688. The lowest BCUT2D eigenvalue weighted by molar-refractivity contribution is -0.130. The second kappa shape index (κ2) is 7.73. The third kappa shape index (κ3) is 3.98. The molecule has 0 N–H and O–H groups in total. The average Bonchev–Trinajstić information content (AvgIpc) is 2.89. The Kier molecular flexibility index (Phi) is 5.21. The first-order valence-corrected chi connectivity index (χ1v) is 8.25. The van der Waals surface area contributed by atoms with Gasteiger partial charge in [-0.2, -0.15) is 0 Å². The monoisotopic (exact) mass is 323 g/mol. The van der Waals surface area contributed by atoms with E-state index in [-0.39, 0.29) is 11.8 Å². The third-order valence-corrected chi connectivity index (χ3v) is 4.26. The molecule has 1 aliphatic rings. The first-order valence-electron chi connectivity index (χ1n) is 8.25. The molecule has 0 saturated carbocycles. The molecule has 0 aliphatic carbocycles. The summed E-state index contributed by atoms with van der Waals surface area (Å²) < 4.78 is 0. The zero-order valence-electron chi connectivity index (χ0n) is 13.6. The number of hydrogen-bond acceptors (Lipinski definition) is 3. The van der Waals surface area contributed by atoms with Crippen molar-refractivity contribution >= 4 is 11.8 Å². The van der Waals surface area contributed by atoms with Gasteiger partial charge in [0.2, 0.25) is 5.91 Å². The number of aromatic nitrogens is 1. The molecule has 1 saturated heterocycles. The van der Waals surface area contributed by atoms with Gasteiger partial charge in [-0.1, -0.05) is 30.3 Å². The van der Waals surface area contributed by atoms with Gasteiger partial charge in [0.05, 0.1) is 6.42 Å². The Labute approximate surface area is 141 Å². The fraction of sp³-hybridized carbons (Fsp3) is 0.316. The van der Waals surface area contributed by atoms with Crippen LogP contribution >= 0.6 is 0 Å². The highest BCUT2D eigenvalue weighted by atomic mass is 16.2. The van der Waals surface area contributed by atoms with Crippen molar-refractivity contribution in [1.82, 2.24) is 14.8 Å². The van der Waals surface area contributed by atoms with Crippen molar-refractivity contribution in [3.05, 3.63) is 66.0 Å². The molecule has 0 radical (unpaired) electrons. The van der Waals surface area contributed by atoms with Gasteiger partial charge in [-0.25, -0.2) is 0 Å². The maximum atomic E-state index is 12.5. The Balaban J connectivity index is 1.59. The molecule has 5 nitrogen and oxygen atoms in total. The summed E-state index contributed by atoms with van der Waals surface area (Å²) in [5.74, 6) is 0.133. The van der Waals surface area contributed by atoms with Crippen molar-refractivity contribution in [2.24, 2.45) is 0 Å². The van der Waals surface area contributed by atoms with E-state index in [1.54, 1.807) is 24.5 Å². The van der Waals surface area contributed by atoms with Crippen LogP contribution in [0.2, 0.25) is 0 Å². The Morgan fingerprint density at radius 2 is 1.54 bits per heavy atom. The van der Waals surface area contributed by atoms with Crippen molar-refractivity contribution in [3.63, 3.8) is 0 Å². The lowest BCUT2D eigenvalue weighted by atomic mass is 10.1. The number of carbonyl (C=O) groups excluding carboxylic acids is 2. The summed E-state index contributed by atoms with van der Waals surface area (Å²) in [6, 6.07) is 13.2. The van der Waals surface area contributed by atoms with Gasteiger partial charge in [-0.15, -0.1) is 0 Å². The molecule has 0 atom stereocenters. The van der Waals surface area contributed by atoms with Crippen molar-refractivity contribution < 1.29 is 9.59 Å². The number of rotatable bonds is 3. The van der Waals surface area contributed by atoms with Crippen LogP contribution in [0.4, 0.5) is 0 Å².